The monoisotopic (exact) mass is 361 g/mol. The minimum absolute atomic E-state index is 0.0305. The molecule has 0 aliphatic rings. The van der Waals surface area contributed by atoms with Gasteiger partial charge in [0.05, 0.1) is 24.3 Å². The summed E-state index contributed by atoms with van der Waals surface area (Å²) in [4.78, 5) is 0.0305. The van der Waals surface area contributed by atoms with Crippen LogP contribution in [0.3, 0.4) is 0 Å². The molecule has 0 spiro atoms. The van der Waals surface area contributed by atoms with E-state index in [2.05, 4.69) is 4.72 Å². The second-order valence-corrected chi connectivity index (χ2v) is 7.34. The fourth-order valence-electron chi connectivity index (χ4n) is 1.85. The molecule has 8 heteroatoms. The van der Waals surface area contributed by atoms with E-state index in [0.717, 1.165) is 5.56 Å². The Balaban J connectivity index is 2.10. The molecule has 0 bridgehead atoms. The molecule has 0 saturated carbocycles. The second-order valence-electron chi connectivity index (χ2n) is 4.42. The number of ether oxygens (including phenoxy) is 1. The highest BCUT2D eigenvalue weighted by Gasteiger charge is 2.20. The molecule has 120 valence electrons. The zero-order valence-electron chi connectivity index (χ0n) is 11.6. The van der Waals surface area contributed by atoms with Crippen molar-refractivity contribution < 1.29 is 18.3 Å². The predicted molar refractivity (Wildman–Crippen MR) is 86.7 cm³/mol. The third-order valence-electron chi connectivity index (χ3n) is 2.91. The summed E-state index contributed by atoms with van der Waals surface area (Å²) in [6.07, 6.45) is -0.462. The molecule has 0 aliphatic heterocycles. The highest BCUT2D eigenvalue weighted by Crippen LogP contribution is 2.23. The quantitative estimate of drug-likeness (QED) is 0.757. The highest BCUT2D eigenvalue weighted by atomic mass is 35.5. The lowest BCUT2D eigenvalue weighted by atomic mass is 10.2. The number of halogens is 1. The largest absolute Gasteiger partial charge is 0.394 e. The van der Waals surface area contributed by atoms with Gasteiger partial charge in [-0.15, -0.1) is 0 Å². The van der Waals surface area contributed by atoms with Crippen LogP contribution in [0.2, 0.25) is 5.02 Å². The molecule has 0 amide bonds. The van der Waals surface area contributed by atoms with E-state index in [9.17, 15) is 8.42 Å². The maximum atomic E-state index is 12.3. The minimum atomic E-state index is -3.72. The molecule has 1 aromatic carbocycles. The summed E-state index contributed by atoms with van der Waals surface area (Å²) in [6, 6.07) is 8.10. The van der Waals surface area contributed by atoms with Crippen molar-refractivity contribution in [2.45, 2.75) is 11.0 Å². The second kappa shape index (κ2) is 8.05. The number of nitrogens with one attached hydrogen (secondary N) is 1. The van der Waals surface area contributed by atoms with Crippen LogP contribution in [0.1, 0.15) is 11.7 Å². The van der Waals surface area contributed by atoms with Gasteiger partial charge in [0, 0.05) is 6.54 Å². The Bertz CT molecular complexity index is 689. The third-order valence-corrected chi connectivity index (χ3v) is 5.54. The lowest BCUT2D eigenvalue weighted by molar-refractivity contribution is 0.0311. The molecule has 2 rings (SSSR count). The molecule has 0 fully saturated rings. The Labute approximate surface area is 138 Å². The predicted octanol–water partition coefficient (Wildman–Crippen LogP) is 2.43. The Hall–Kier alpha value is -0.960. The first-order valence-corrected chi connectivity index (χ1v) is 9.34. The van der Waals surface area contributed by atoms with Crippen molar-refractivity contribution in [3.05, 3.63) is 51.7 Å². The van der Waals surface area contributed by atoms with Crippen LogP contribution in [0.5, 0.6) is 0 Å². The summed E-state index contributed by atoms with van der Waals surface area (Å²) in [5.74, 6) is 0. The first kappa shape index (κ1) is 17.4. The van der Waals surface area contributed by atoms with E-state index in [1.165, 1.54) is 23.5 Å². The number of thiophene rings is 1. The molecule has 0 radical (unpaired) electrons. The molecule has 5 nitrogen and oxygen atoms in total. The number of rotatable bonds is 8. The topological polar surface area (TPSA) is 75.6 Å². The first-order valence-electron chi connectivity index (χ1n) is 6.53. The van der Waals surface area contributed by atoms with Gasteiger partial charge in [0.2, 0.25) is 10.0 Å². The van der Waals surface area contributed by atoms with Gasteiger partial charge < -0.3 is 9.84 Å². The molecular weight excluding hydrogens is 346 g/mol. The summed E-state index contributed by atoms with van der Waals surface area (Å²) in [5.41, 5.74) is 0.861. The third kappa shape index (κ3) is 4.52. The lowest BCUT2D eigenvalue weighted by Gasteiger charge is -2.17. The van der Waals surface area contributed by atoms with Gasteiger partial charge in [-0.25, -0.2) is 13.1 Å². The average molecular weight is 362 g/mol. The van der Waals surface area contributed by atoms with Gasteiger partial charge in [-0.3, -0.25) is 0 Å². The fraction of sp³-hybridized carbons (Fsp3) is 0.286. The molecule has 1 atom stereocenters. The van der Waals surface area contributed by atoms with Crippen molar-refractivity contribution in [3.8, 4) is 0 Å². The summed E-state index contributed by atoms with van der Waals surface area (Å²) in [7, 11) is -3.72. The Morgan fingerprint density at radius 3 is 2.73 bits per heavy atom. The van der Waals surface area contributed by atoms with Crippen LogP contribution in [0.15, 0.2) is 46.0 Å². The number of aliphatic hydroxyl groups excluding tert-OH is 1. The summed E-state index contributed by atoms with van der Waals surface area (Å²) in [6.45, 7) is 0.0660. The number of hydrogen-bond donors (Lipinski definition) is 2. The fourth-order valence-corrected chi connectivity index (χ4v) is 4.10. The van der Waals surface area contributed by atoms with Crippen LogP contribution < -0.4 is 4.72 Å². The van der Waals surface area contributed by atoms with Crippen molar-refractivity contribution in [2.75, 3.05) is 19.8 Å². The van der Waals surface area contributed by atoms with E-state index >= 15 is 0 Å². The Morgan fingerprint density at radius 2 is 2.09 bits per heavy atom. The molecule has 0 unspecified atom stereocenters. The summed E-state index contributed by atoms with van der Waals surface area (Å²) in [5, 5.41) is 12.8. The van der Waals surface area contributed by atoms with E-state index in [1.807, 2.05) is 16.8 Å². The SMILES string of the molecule is O=S(=O)(NC[C@@H](OCCO)c1ccsc1)c1ccccc1Cl. The zero-order valence-corrected chi connectivity index (χ0v) is 14.0. The molecule has 1 aromatic heterocycles. The minimum Gasteiger partial charge on any atom is -0.394 e. The molecule has 2 N–H and O–H groups in total. The van der Waals surface area contributed by atoms with Gasteiger partial charge in [-0.05, 0) is 34.5 Å². The van der Waals surface area contributed by atoms with Gasteiger partial charge in [-0.2, -0.15) is 11.3 Å². The van der Waals surface area contributed by atoms with Crippen molar-refractivity contribution in [2.24, 2.45) is 0 Å². The van der Waals surface area contributed by atoms with E-state index in [1.54, 1.807) is 12.1 Å². The number of aliphatic hydroxyl groups is 1. The zero-order chi connectivity index (χ0) is 16.0. The number of benzene rings is 1. The van der Waals surface area contributed by atoms with Crippen LogP contribution in [0.25, 0.3) is 0 Å². The number of sulfonamides is 1. The van der Waals surface area contributed by atoms with Crippen molar-refractivity contribution in [1.82, 2.24) is 4.72 Å². The average Bonchev–Trinajstić information content (AvgIpc) is 3.02. The van der Waals surface area contributed by atoms with Crippen LogP contribution in [-0.2, 0) is 14.8 Å². The lowest BCUT2D eigenvalue weighted by Crippen LogP contribution is -2.30. The van der Waals surface area contributed by atoms with Crippen LogP contribution >= 0.6 is 22.9 Å². The smallest absolute Gasteiger partial charge is 0.242 e. The number of hydrogen-bond acceptors (Lipinski definition) is 5. The van der Waals surface area contributed by atoms with E-state index in [4.69, 9.17) is 21.4 Å². The maximum Gasteiger partial charge on any atom is 0.242 e. The summed E-state index contributed by atoms with van der Waals surface area (Å²) < 4.78 is 32.6. The summed E-state index contributed by atoms with van der Waals surface area (Å²) >= 11 is 7.42. The maximum absolute atomic E-state index is 12.3. The van der Waals surface area contributed by atoms with Crippen LogP contribution in [0.4, 0.5) is 0 Å². The molecule has 0 saturated heterocycles. The van der Waals surface area contributed by atoms with Crippen LogP contribution in [0, 0.1) is 0 Å². The molecule has 22 heavy (non-hydrogen) atoms. The van der Waals surface area contributed by atoms with Gasteiger partial charge >= 0.3 is 0 Å². The first-order chi connectivity index (χ1) is 10.5. The van der Waals surface area contributed by atoms with E-state index in [0.29, 0.717) is 0 Å². The van der Waals surface area contributed by atoms with Gasteiger partial charge in [0.15, 0.2) is 0 Å². The molecule has 1 heterocycles. The standard InChI is InChI=1S/C14H16ClNO4S2/c15-12-3-1-2-4-14(12)22(18,19)16-9-13(20-7-6-17)11-5-8-21-10-11/h1-5,8,10,13,16-17H,6-7,9H2/t13-/m1/s1. The molecule has 2 aromatic rings. The Morgan fingerprint density at radius 1 is 1.32 bits per heavy atom. The normalized spacial score (nSPS) is 13.2. The Kier molecular flexibility index (Phi) is 6.37. The van der Waals surface area contributed by atoms with Crippen molar-refractivity contribution >= 4 is 33.0 Å². The molecule has 0 aliphatic carbocycles. The van der Waals surface area contributed by atoms with Crippen molar-refractivity contribution in [1.29, 1.82) is 0 Å². The van der Waals surface area contributed by atoms with Gasteiger partial charge in [0.25, 0.3) is 0 Å². The van der Waals surface area contributed by atoms with Crippen LogP contribution in [-0.4, -0.2) is 33.3 Å². The van der Waals surface area contributed by atoms with E-state index < -0.39 is 16.1 Å². The van der Waals surface area contributed by atoms with Gasteiger partial charge in [-0.1, -0.05) is 23.7 Å². The van der Waals surface area contributed by atoms with Crippen molar-refractivity contribution in [3.63, 3.8) is 0 Å². The highest BCUT2D eigenvalue weighted by molar-refractivity contribution is 7.89. The van der Waals surface area contributed by atoms with Gasteiger partial charge in [0.1, 0.15) is 4.90 Å². The van der Waals surface area contributed by atoms with E-state index in [-0.39, 0.29) is 29.7 Å². The molecular formula is C14H16ClNO4S2.